The van der Waals surface area contributed by atoms with Crippen molar-refractivity contribution >= 4 is 6.03 Å². The number of benzene rings is 2. The van der Waals surface area contributed by atoms with Crippen molar-refractivity contribution in [2.75, 3.05) is 13.1 Å². The van der Waals surface area contributed by atoms with E-state index in [1.807, 2.05) is 70.5 Å². The summed E-state index contributed by atoms with van der Waals surface area (Å²) < 4.78 is 0. The largest absolute Gasteiger partial charge is 0.388 e. The van der Waals surface area contributed by atoms with Gasteiger partial charge < -0.3 is 20.0 Å². The third-order valence-corrected chi connectivity index (χ3v) is 8.01. The van der Waals surface area contributed by atoms with Crippen molar-refractivity contribution in [1.82, 2.24) is 9.80 Å². The van der Waals surface area contributed by atoms with Crippen molar-refractivity contribution in [2.24, 2.45) is 0 Å². The predicted octanol–water partition coefficient (Wildman–Crippen LogP) is 6.61. The van der Waals surface area contributed by atoms with Crippen LogP contribution in [0, 0.1) is 0 Å². The third-order valence-electron chi connectivity index (χ3n) is 8.01. The number of aliphatic hydroxyl groups is 2. The molecular weight excluding hydrogens is 472 g/mol. The zero-order chi connectivity index (χ0) is 27.2. The molecule has 1 aliphatic heterocycles. The first-order valence-electron chi connectivity index (χ1n) is 15.1. The Morgan fingerprint density at radius 1 is 0.579 bits per heavy atom. The minimum atomic E-state index is -1.02. The molecule has 2 aromatic carbocycles. The van der Waals surface area contributed by atoms with Gasteiger partial charge in [-0.3, -0.25) is 0 Å². The number of hydrogen-bond acceptors (Lipinski definition) is 3. The third kappa shape index (κ3) is 8.84. The van der Waals surface area contributed by atoms with Crippen LogP contribution in [0.4, 0.5) is 4.79 Å². The Morgan fingerprint density at radius 2 is 0.947 bits per heavy atom. The number of unbranched alkanes of at least 4 members (excludes halogenated alkanes) is 8. The van der Waals surface area contributed by atoms with E-state index in [1.165, 1.54) is 25.7 Å². The van der Waals surface area contributed by atoms with Gasteiger partial charge in [0.15, 0.2) is 0 Å². The molecular formula is C33H50N2O3. The molecule has 1 heterocycles. The van der Waals surface area contributed by atoms with Crippen LogP contribution >= 0.6 is 0 Å². The summed E-state index contributed by atoms with van der Waals surface area (Å²) in [6.45, 7) is 5.62. The number of nitrogens with zero attached hydrogens (tertiary/aromatic N) is 2. The summed E-state index contributed by atoms with van der Waals surface area (Å²) in [6.07, 6.45) is 10.0. The molecule has 0 aromatic heterocycles. The smallest absolute Gasteiger partial charge is 0.320 e. The maximum absolute atomic E-state index is 14.3. The highest BCUT2D eigenvalue weighted by Gasteiger charge is 2.45. The van der Waals surface area contributed by atoms with Crippen LogP contribution < -0.4 is 0 Å². The molecule has 38 heavy (non-hydrogen) atoms. The second kappa shape index (κ2) is 16.6. The van der Waals surface area contributed by atoms with E-state index in [0.717, 1.165) is 49.7 Å². The predicted molar refractivity (Wildman–Crippen MR) is 156 cm³/mol. The summed E-state index contributed by atoms with van der Waals surface area (Å²) in [5, 5.41) is 23.3. The molecule has 0 aliphatic carbocycles. The average molecular weight is 523 g/mol. The van der Waals surface area contributed by atoms with Crippen LogP contribution in [0.1, 0.15) is 89.2 Å². The van der Waals surface area contributed by atoms with E-state index in [-0.39, 0.29) is 6.03 Å². The molecule has 5 nitrogen and oxygen atoms in total. The van der Waals surface area contributed by atoms with Crippen LogP contribution in [0.15, 0.2) is 60.7 Å². The summed E-state index contributed by atoms with van der Waals surface area (Å²) >= 11 is 0. The van der Waals surface area contributed by atoms with E-state index in [2.05, 4.69) is 13.8 Å². The van der Waals surface area contributed by atoms with Crippen LogP contribution in [0.2, 0.25) is 0 Å². The molecule has 0 radical (unpaired) electrons. The van der Waals surface area contributed by atoms with E-state index >= 15 is 0 Å². The van der Waals surface area contributed by atoms with Gasteiger partial charge in [-0.15, -0.1) is 0 Å². The van der Waals surface area contributed by atoms with Gasteiger partial charge in [0.2, 0.25) is 0 Å². The molecule has 4 unspecified atom stereocenters. The fraction of sp³-hybridized carbons (Fsp3) is 0.606. The molecule has 0 saturated carbocycles. The van der Waals surface area contributed by atoms with Crippen molar-refractivity contribution in [3.8, 4) is 0 Å². The quantitative estimate of drug-likeness (QED) is 0.244. The number of urea groups is 1. The van der Waals surface area contributed by atoms with E-state index in [0.29, 0.717) is 25.9 Å². The van der Waals surface area contributed by atoms with Crippen molar-refractivity contribution in [3.05, 3.63) is 71.8 Å². The van der Waals surface area contributed by atoms with E-state index < -0.39 is 24.3 Å². The first-order chi connectivity index (χ1) is 18.6. The lowest BCUT2D eigenvalue weighted by molar-refractivity contribution is -0.0396. The Bertz CT molecular complexity index is 833. The van der Waals surface area contributed by atoms with Gasteiger partial charge in [0.25, 0.3) is 0 Å². The highest BCUT2D eigenvalue weighted by molar-refractivity contribution is 5.76. The molecule has 2 aromatic rings. The maximum Gasteiger partial charge on any atom is 0.320 e. The lowest BCUT2D eigenvalue weighted by atomic mass is 9.91. The van der Waals surface area contributed by atoms with Gasteiger partial charge in [-0.25, -0.2) is 4.79 Å². The normalized spacial score (nSPS) is 22.1. The Balaban J connectivity index is 1.90. The summed E-state index contributed by atoms with van der Waals surface area (Å²) in [4.78, 5) is 18.1. The number of carbonyl (C=O) groups is 1. The Labute approximate surface area is 230 Å². The lowest BCUT2D eigenvalue weighted by Gasteiger charge is -2.36. The number of hydrogen-bond donors (Lipinski definition) is 2. The highest BCUT2D eigenvalue weighted by atomic mass is 16.3. The first-order valence-corrected chi connectivity index (χ1v) is 15.1. The van der Waals surface area contributed by atoms with Gasteiger partial charge in [0, 0.05) is 13.1 Å². The highest BCUT2D eigenvalue weighted by Crippen LogP contribution is 2.28. The second-order valence-electron chi connectivity index (χ2n) is 11.0. The van der Waals surface area contributed by atoms with Crippen LogP contribution in [0.5, 0.6) is 0 Å². The standard InChI is InChI=1S/C33H50N2O3/c1-3-5-7-9-17-23-34-29(25-27-19-13-11-14-20-27)31(36)32(37)30(26-28-21-15-12-16-22-28)35(33(34)38)24-18-10-8-6-4-2/h11-16,19-22,29-32,36-37H,3-10,17-18,23-26H2,1-2H3. The molecule has 0 spiro atoms. The van der Waals surface area contributed by atoms with Crippen molar-refractivity contribution in [3.63, 3.8) is 0 Å². The molecule has 2 amide bonds. The van der Waals surface area contributed by atoms with Gasteiger partial charge in [0.05, 0.1) is 12.1 Å². The monoisotopic (exact) mass is 522 g/mol. The SMILES string of the molecule is CCCCCCCN1C(=O)N(CCCCCCC)C(Cc2ccccc2)C(O)C(O)C1Cc1ccccc1. The van der Waals surface area contributed by atoms with E-state index in [4.69, 9.17) is 0 Å². The summed E-state index contributed by atoms with van der Waals surface area (Å²) in [7, 11) is 0. The molecule has 2 N–H and O–H groups in total. The molecule has 210 valence electrons. The molecule has 1 fully saturated rings. The first kappa shape index (κ1) is 30.2. The fourth-order valence-corrected chi connectivity index (χ4v) is 5.74. The van der Waals surface area contributed by atoms with Gasteiger partial charge in [-0.05, 0) is 36.8 Å². The van der Waals surface area contributed by atoms with E-state index in [9.17, 15) is 15.0 Å². The van der Waals surface area contributed by atoms with Crippen LogP contribution in [0.3, 0.4) is 0 Å². The van der Waals surface area contributed by atoms with Gasteiger partial charge in [0.1, 0.15) is 12.2 Å². The average Bonchev–Trinajstić information content (AvgIpc) is 3.00. The fourth-order valence-electron chi connectivity index (χ4n) is 5.74. The summed E-state index contributed by atoms with van der Waals surface area (Å²) in [5.74, 6) is 0. The molecule has 1 aliphatic rings. The number of aliphatic hydroxyl groups excluding tert-OH is 2. The number of amides is 2. The van der Waals surface area contributed by atoms with Crippen molar-refractivity contribution < 1.29 is 15.0 Å². The zero-order valence-corrected chi connectivity index (χ0v) is 23.7. The Kier molecular flexibility index (Phi) is 13.2. The minimum Gasteiger partial charge on any atom is -0.388 e. The maximum atomic E-state index is 14.3. The number of rotatable bonds is 16. The molecule has 4 atom stereocenters. The zero-order valence-electron chi connectivity index (χ0n) is 23.7. The van der Waals surface area contributed by atoms with Crippen LogP contribution in [-0.4, -0.2) is 63.4 Å². The summed E-state index contributed by atoms with van der Waals surface area (Å²) in [5.41, 5.74) is 2.14. The molecule has 1 saturated heterocycles. The lowest BCUT2D eigenvalue weighted by Crippen LogP contribution is -2.51. The molecule has 5 heteroatoms. The molecule has 0 bridgehead atoms. The van der Waals surface area contributed by atoms with Crippen LogP contribution in [0.25, 0.3) is 0 Å². The Hall–Kier alpha value is -2.37. The van der Waals surface area contributed by atoms with E-state index in [1.54, 1.807) is 0 Å². The van der Waals surface area contributed by atoms with Gasteiger partial charge >= 0.3 is 6.03 Å². The van der Waals surface area contributed by atoms with Crippen LogP contribution in [-0.2, 0) is 12.8 Å². The Morgan fingerprint density at radius 3 is 1.32 bits per heavy atom. The summed E-state index contributed by atoms with van der Waals surface area (Å²) in [6, 6.07) is 19.1. The van der Waals surface area contributed by atoms with Gasteiger partial charge in [-0.1, -0.05) is 126 Å². The minimum absolute atomic E-state index is 0.0338. The molecule has 3 rings (SSSR count). The van der Waals surface area contributed by atoms with Crippen molar-refractivity contribution in [1.29, 1.82) is 0 Å². The second-order valence-corrected chi connectivity index (χ2v) is 11.0. The number of carbonyl (C=O) groups excluding carboxylic acids is 1. The topological polar surface area (TPSA) is 64.0 Å². The van der Waals surface area contributed by atoms with Crippen molar-refractivity contribution in [2.45, 2.75) is 115 Å². The van der Waals surface area contributed by atoms with Gasteiger partial charge in [-0.2, -0.15) is 0 Å².